The maximum absolute atomic E-state index is 11.8. The highest BCUT2D eigenvalue weighted by Gasteiger charge is 2.47. The van der Waals surface area contributed by atoms with Crippen molar-refractivity contribution in [2.45, 2.75) is 50.7 Å². The van der Waals surface area contributed by atoms with Gasteiger partial charge in [0, 0.05) is 14.2 Å². The summed E-state index contributed by atoms with van der Waals surface area (Å²) in [5.74, 6) is 0.319. The average Bonchev–Trinajstić information content (AvgIpc) is 2.75. The summed E-state index contributed by atoms with van der Waals surface area (Å²) in [7, 11) is 0.324. The van der Waals surface area contributed by atoms with E-state index in [2.05, 4.69) is 4.52 Å². The molecular weight excluding hydrogens is 324 g/mol. The van der Waals surface area contributed by atoms with E-state index >= 15 is 0 Å². The lowest BCUT2D eigenvalue weighted by Gasteiger charge is -2.28. The summed E-state index contributed by atoms with van der Waals surface area (Å²) in [6.07, 6.45) is -1.06. The molecule has 1 saturated heterocycles. The smallest absolute Gasteiger partial charge is 0.382 e. The molecule has 1 heterocycles. The van der Waals surface area contributed by atoms with Crippen LogP contribution in [0.1, 0.15) is 20.3 Å². The predicted molar refractivity (Wildman–Crippen MR) is 88.0 cm³/mol. The highest BCUT2D eigenvalue weighted by Crippen LogP contribution is 2.46. The zero-order valence-corrected chi connectivity index (χ0v) is 15.4. The summed E-state index contributed by atoms with van der Waals surface area (Å²) >= 11 is 0. The number of hydrogen-bond donors (Lipinski definition) is 2. The van der Waals surface area contributed by atoms with E-state index in [9.17, 15) is 9.46 Å². The SMILES string of the molecule is B[C@@H]1O[C@H](COC)[C@H](OP(=O)(O)OC)[C@@H]1OC(C)CC(C)CN. The molecule has 10 heteroatoms. The second-order valence-electron chi connectivity index (χ2n) is 6.04. The normalized spacial score (nSPS) is 33.3. The van der Waals surface area contributed by atoms with E-state index < -0.39 is 26.1 Å². The van der Waals surface area contributed by atoms with Crippen molar-refractivity contribution in [3.63, 3.8) is 0 Å². The van der Waals surface area contributed by atoms with Crippen molar-refractivity contribution in [1.29, 1.82) is 0 Å². The molecule has 0 aromatic rings. The van der Waals surface area contributed by atoms with Crippen LogP contribution in [0.15, 0.2) is 0 Å². The number of rotatable bonds is 10. The van der Waals surface area contributed by atoms with Crippen molar-refractivity contribution in [3.05, 3.63) is 0 Å². The number of phosphoric ester groups is 1. The Morgan fingerprint density at radius 2 is 2.00 bits per heavy atom. The van der Waals surface area contributed by atoms with E-state index in [-0.39, 0.29) is 18.7 Å². The zero-order chi connectivity index (χ0) is 17.6. The summed E-state index contributed by atoms with van der Waals surface area (Å²) in [6.45, 7) is 4.79. The van der Waals surface area contributed by atoms with E-state index in [0.717, 1.165) is 13.5 Å². The van der Waals surface area contributed by atoms with Crippen molar-refractivity contribution in [2.75, 3.05) is 27.4 Å². The Kier molecular flexibility index (Phi) is 8.68. The molecule has 0 aromatic carbocycles. The minimum absolute atomic E-state index is 0.0855. The Hall–Kier alpha value is 0.0149. The first-order valence-corrected chi connectivity index (χ1v) is 9.30. The summed E-state index contributed by atoms with van der Waals surface area (Å²) in [4.78, 5) is 9.63. The van der Waals surface area contributed by atoms with Crippen LogP contribution < -0.4 is 5.73 Å². The third-order valence-corrected chi connectivity index (χ3v) is 4.86. The number of ether oxygens (including phenoxy) is 3. The monoisotopic (exact) mass is 353 g/mol. The standard InChI is InChI=1S/C13H29BNO7P/c1-8(6-15)5-9(2)20-12-11(22-23(16,17)19-4)10(7-18-3)21-13(12)14/h8-13H,5-7,14-15H2,1-4H3,(H,16,17)/t8?,9?,10-,11+,12+,13-/m1/s1. The van der Waals surface area contributed by atoms with E-state index in [1.807, 2.05) is 21.7 Å². The molecule has 136 valence electrons. The number of hydrogen-bond acceptors (Lipinski definition) is 7. The fourth-order valence-corrected chi connectivity index (χ4v) is 3.36. The number of methoxy groups -OCH3 is 1. The molecule has 23 heavy (non-hydrogen) atoms. The molecule has 0 aliphatic carbocycles. The molecule has 0 saturated carbocycles. The summed E-state index contributed by atoms with van der Waals surface area (Å²) in [5.41, 5.74) is 5.64. The van der Waals surface area contributed by atoms with Crippen LogP contribution in [0, 0.1) is 5.92 Å². The Labute approximate surface area is 139 Å². The van der Waals surface area contributed by atoms with Crippen LogP contribution in [-0.4, -0.2) is 70.5 Å². The highest BCUT2D eigenvalue weighted by molar-refractivity contribution is 7.47. The minimum atomic E-state index is -4.16. The molecule has 0 aromatic heterocycles. The first-order chi connectivity index (χ1) is 10.7. The Bertz CT molecular complexity index is 403. The maximum Gasteiger partial charge on any atom is 0.472 e. The first-order valence-electron chi connectivity index (χ1n) is 7.80. The van der Waals surface area contributed by atoms with Gasteiger partial charge in [-0.25, -0.2) is 4.57 Å². The lowest BCUT2D eigenvalue weighted by Crippen LogP contribution is -2.40. The molecule has 7 atom stereocenters. The van der Waals surface area contributed by atoms with Gasteiger partial charge in [0.15, 0.2) is 0 Å². The van der Waals surface area contributed by atoms with Crippen LogP contribution in [0.25, 0.3) is 0 Å². The molecule has 0 amide bonds. The van der Waals surface area contributed by atoms with Crippen molar-refractivity contribution in [1.82, 2.24) is 0 Å². The Morgan fingerprint density at radius 3 is 2.52 bits per heavy atom. The number of phosphoric acid groups is 1. The molecule has 1 rings (SSSR count). The first kappa shape index (κ1) is 21.1. The lowest BCUT2D eigenvalue weighted by molar-refractivity contribution is -0.0656. The second kappa shape index (κ2) is 9.49. The van der Waals surface area contributed by atoms with Crippen molar-refractivity contribution in [3.8, 4) is 0 Å². The Balaban J connectivity index is 2.81. The summed E-state index contributed by atoms with van der Waals surface area (Å²) in [6, 6.07) is -0.298. The van der Waals surface area contributed by atoms with Gasteiger partial charge in [0.1, 0.15) is 26.2 Å². The second-order valence-corrected chi connectivity index (χ2v) is 7.56. The molecule has 0 radical (unpaired) electrons. The molecule has 3 unspecified atom stereocenters. The van der Waals surface area contributed by atoms with E-state index in [0.29, 0.717) is 12.5 Å². The summed E-state index contributed by atoms with van der Waals surface area (Å²) in [5, 5.41) is 0. The van der Waals surface area contributed by atoms with Gasteiger partial charge in [-0.3, -0.25) is 9.05 Å². The predicted octanol–water partition coefficient (Wildman–Crippen LogP) is -0.119. The van der Waals surface area contributed by atoms with Gasteiger partial charge >= 0.3 is 7.82 Å². The van der Waals surface area contributed by atoms with Gasteiger partial charge in [-0.2, -0.15) is 0 Å². The van der Waals surface area contributed by atoms with Gasteiger partial charge in [-0.05, 0) is 25.8 Å². The fourth-order valence-electron chi connectivity index (χ4n) is 2.71. The minimum Gasteiger partial charge on any atom is -0.382 e. The Morgan fingerprint density at radius 1 is 1.35 bits per heavy atom. The molecule has 1 fully saturated rings. The van der Waals surface area contributed by atoms with Crippen LogP contribution in [0.4, 0.5) is 0 Å². The van der Waals surface area contributed by atoms with Crippen molar-refractivity contribution < 1.29 is 32.7 Å². The molecule has 8 nitrogen and oxygen atoms in total. The summed E-state index contributed by atoms with van der Waals surface area (Å²) < 4.78 is 38.5. The van der Waals surface area contributed by atoms with Gasteiger partial charge < -0.3 is 24.8 Å². The zero-order valence-electron chi connectivity index (χ0n) is 14.5. The van der Waals surface area contributed by atoms with Gasteiger partial charge in [-0.15, -0.1) is 0 Å². The highest BCUT2D eigenvalue weighted by atomic mass is 31.2. The van der Waals surface area contributed by atoms with Crippen LogP contribution in [0.5, 0.6) is 0 Å². The van der Waals surface area contributed by atoms with E-state index in [1.165, 1.54) is 7.11 Å². The van der Waals surface area contributed by atoms with E-state index in [1.54, 1.807) is 0 Å². The quantitative estimate of drug-likeness (QED) is 0.413. The van der Waals surface area contributed by atoms with Gasteiger partial charge in [0.05, 0.1) is 18.7 Å². The van der Waals surface area contributed by atoms with Crippen LogP contribution in [0.2, 0.25) is 0 Å². The van der Waals surface area contributed by atoms with Gasteiger partial charge in [0.25, 0.3) is 0 Å². The topological polar surface area (TPSA) is 109 Å². The molecule has 3 N–H and O–H groups in total. The fraction of sp³-hybridized carbons (Fsp3) is 1.00. The third-order valence-electron chi connectivity index (χ3n) is 3.89. The van der Waals surface area contributed by atoms with Crippen molar-refractivity contribution >= 4 is 15.7 Å². The largest absolute Gasteiger partial charge is 0.472 e. The molecule has 1 aliphatic rings. The van der Waals surface area contributed by atoms with Crippen LogP contribution in [0.3, 0.4) is 0 Å². The third kappa shape index (κ3) is 6.44. The van der Waals surface area contributed by atoms with Crippen LogP contribution >= 0.6 is 7.82 Å². The molecular formula is C13H29BNO7P. The van der Waals surface area contributed by atoms with Gasteiger partial charge in [0.2, 0.25) is 0 Å². The van der Waals surface area contributed by atoms with Crippen LogP contribution in [-0.2, 0) is 27.8 Å². The average molecular weight is 353 g/mol. The molecule has 0 spiro atoms. The maximum atomic E-state index is 11.8. The lowest BCUT2D eigenvalue weighted by atomic mass is 9.92. The number of nitrogens with two attached hydrogens (primary N) is 1. The van der Waals surface area contributed by atoms with E-state index in [4.69, 9.17) is 24.5 Å². The van der Waals surface area contributed by atoms with Crippen molar-refractivity contribution in [2.24, 2.45) is 11.7 Å². The molecule has 0 bridgehead atoms. The molecule has 1 aliphatic heterocycles. The van der Waals surface area contributed by atoms with Gasteiger partial charge in [-0.1, -0.05) is 6.92 Å².